The van der Waals surface area contributed by atoms with Crippen LogP contribution in [-0.2, 0) is 15.0 Å². The Hall–Kier alpha value is -0.660. The first-order valence-electron chi connectivity index (χ1n) is 5.47. The molecule has 0 rings (SSSR count). The van der Waals surface area contributed by atoms with Crippen LogP contribution in [0.5, 0.6) is 0 Å². The lowest BCUT2D eigenvalue weighted by Gasteiger charge is -2.23. The minimum Gasteiger partial charge on any atom is -0.480 e. The molecule has 17 heavy (non-hydrogen) atoms. The van der Waals surface area contributed by atoms with Crippen molar-refractivity contribution in [3.8, 4) is 0 Å². The van der Waals surface area contributed by atoms with Crippen LogP contribution in [0.25, 0.3) is 0 Å². The molecular weight excluding hydrogens is 244 g/mol. The third-order valence-corrected chi connectivity index (χ3v) is 3.22. The van der Waals surface area contributed by atoms with E-state index in [1.807, 2.05) is 13.8 Å². The van der Waals surface area contributed by atoms with E-state index in [4.69, 9.17) is 5.11 Å². The predicted molar refractivity (Wildman–Crippen MR) is 65.8 cm³/mol. The van der Waals surface area contributed by atoms with Crippen LogP contribution in [0, 0.1) is 5.92 Å². The number of hydrogen-bond acceptors (Lipinski definition) is 3. The molecule has 0 aliphatic carbocycles. The van der Waals surface area contributed by atoms with Gasteiger partial charge >= 0.3 is 5.97 Å². The SMILES string of the molecule is CC(C)C[C@H](NS(=O)(=O)NC(C)(C)C)C(=O)O. The van der Waals surface area contributed by atoms with Gasteiger partial charge in [0.15, 0.2) is 0 Å². The summed E-state index contributed by atoms with van der Waals surface area (Å²) in [6, 6.07) is -1.10. The summed E-state index contributed by atoms with van der Waals surface area (Å²) in [4.78, 5) is 10.9. The topological polar surface area (TPSA) is 95.5 Å². The molecule has 6 nitrogen and oxygen atoms in total. The maximum atomic E-state index is 11.7. The van der Waals surface area contributed by atoms with E-state index in [0.29, 0.717) is 0 Å². The van der Waals surface area contributed by atoms with Crippen LogP contribution in [0.4, 0.5) is 0 Å². The predicted octanol–water partition coefficient (Wildman–Crippen LogP) is 0.708. The lowest BCUT2D eigenvalue weighted by atomic mass is 10.1. The average molecular weight is 266 g/mol. The number of aliphatic carboxylic acids is 1. The summed E-state index contributed by atoms with van der Waals surface area (Å²) in [5, 5.41) is 8.93. The smallest absolute Gasteiger partial charge is 0.321 e. The third-order valence-electron chi connectivity index (χ3n) is 1.74. The third kappa shape index (κ3) is 8.12. The second-order valence-corrected chi connectivity index (χ2v) is 6.94. The molecule has 0 aliphatic rings. The highest BCUT2D eigenvalue weighted by Gasteiger charge is 2.27. The lowest BCUT2D eigenvalue weighted by Crippen LogP contribution is -2.52. The summed E-state index contributed by atoms with van der Waals surface area (Å²) >= 11 is 0. The van der Waals surface area contributed by atoms with Gasteiger partial charge in [0, 0.05) is 5.54 Å². The zero-order chi connectivity index (χ0) is 13.9. The average Bonchev–Trinajstić information content (AvgIpc) is 1.95. The van der Waals surface area contributed by atoms with Gasteiger partial charge in [-0.3, -0.25) is 4.79 Å². The zero-order valence-corrected chi connectivity index (χ0v) is 11.8. The van der Waals surface area contributed by atoms with Crippen LogP contribution < -0.4 is 9.44 Å². The van der Waals surface area contributed by atoms with Crippen molar-refractivity contribution >= 4 is 16.2 Å². The Morgan fingerprint density at radius 2 is 1.76 bits per heavy atom. The largest absolute Gasteiger partial charge is 0.480 e. The summed E-state index contributed by atoms with van der Waals surface area (Å²) in [6.07, 6.45) is 0.250. The quantitative estimate of drug-likeness (QED) is 0.659. The molecule has 0 bridgehead atoms. The van der Waals surface area contributed by atoms with Crippen LogP contribution in [0.1, 0.15) is 41.0 Å². The van der Waals surface area contributed by atoms with Gasteiger partial charge in [-0.05, 0) is 33.1 Å². The Balaban J connectivity index is 4.71. The Morgan fingerprint density at radius 1 is 1.29 bits per heavy atom. The fraction of sp³-hybridized carbons (Fsp3) is 0.900. The summed E-state index contributed by atoms with van der Waals surface area (Å²) in [6.45, 7) is 8.72. The lowest BCUT2D eigenvalue weighted by molar-refractivity contribution is -0.139. The Bertz CT molecular complexity index is 357. The standard InChI is InChI=1S/C10H22N2O4S/c1-7(2)6-8(9(13)14)11-17(15,16)12-10(3,4)5/h7-8,11-12H,6H2,1-5H3,(H,13,14)/t8-/m0/s1. The molecule has 0 radical (unpaired) electrons. The molecule has 0 aliphatic heterocycles. The molecule has 1 atom stereocenters. The number of rotatable bonds is 6. The van der Waals surface area contributed by atoms with Crippen molar-refractivity contribution in [2.75, 3.05) is 0 Å². The van der Waals surface area contributed by atoms with E-state index in [-0.39, 0.29) is 12.3 Å². The molecule has 0 saturated heterocycles. The maximum absolute atomic E-state index is 11.7. The zero-order valence-electron chi connectivity index (χ0n) is 10.9. The number of carbonyl (C=O) groups is 1. The number of carboxylic acid groups (broad SMARTS) is 1. The second kappa shape index (κ2) is 5.79. The van der Waals surface area contributed by atoms with E-state index >= 15 is 0 Å². The van der Waals surface area contributed by atoms with Gasteiger partial charge in [0.1, 0.15) is 6.04 Å². The first kappa shape index (κ1) is 16.3. The molecule has 0 aromatic heterocycles. The minimum absolute atomic E-state index is 0.0911. The van der Waals surface area contributed by atoms with Crippen molar-refractivity contribution < 1.29 is 18.3 Å². The maximum Gasteiger partial charge on any atom is 0.321 e. The van der Waals surface area contributed by atoms with Gasteiger partial charge < -0.3 is 5.11 Å². The Kier molecular flexibility index (Phi) is 5.57. The fourth-order valence-corrected chi connectivity index (χ4v) is 2.73. The highest BCUT2D eigenvalue weighted by atomic mass is 32.2. The number of nitrogens with one attached hydrogen (secondary N) is 2. The molecule has 0 fully saturated rings. The highest BCUT2D eigenvalue weighted by Crippen LogP contribution is 2.07. The Labute approximate surface area is 103 Å². The summed E-state index contributed by atoms with van der Waals surface area (Å²) in [5.41, 5.74) is -0.646. The van der Waals surface area contributed by atoms with E-state index in [0.717, 1.165) is 0 Å². The van der Waals surface area contributed by atoms with Crippen LogP contribution >= 0.6 is 0 Å². The van der Waals surface area contributed by atoms with Crippen molar-refractivity contribution in [3.05, 3.63) is 0 Å². The molecule has 0 saturated carbocycles. The van der Waals surface area contributed by atoms with Gasteiger partial charge in [-0.15, -0.1) is 0 Å². The summed E-state index contributed by atoms with van der Waals surface area (Å²) < 4.78 is 27.8. The van der Waals surface area contributed by atoms with Gasteiger partial charge in [-0.2, -0.15) is 17.9 Å². The molecule has 0 aromatic carbocycles. The van der Waals surface area contributed by atoms with Crippen LogP contribution in [0.15, 0.2) is 0 Å². The van der Waals surface area contributed by atoms with E-state index in [9.17, 15) is 13.2 Å². The number of hydrogen-bond donors (Lipinski definition) is 3. The monoisotopic (exact) mass is 266 g/mol. The molecule has 3 N–H and O–H groups in total. The molecule has 0 heterocycles. The summed E-state index contributed by atoms with van der Waals surface area (Å²) in [5.74, 6) is -1.08. The molecule has 0 aromatic rings. The molecular formula is C10H22N2O4S. The van der Waals surface area contributed by atoms with Crippen LogP contribution in [-0.4, -0.2) is 31.1 Å². The van der Waals surface area contributed by atoms with Gasteiger partial charge in [0.05, 0.1) is 0 Å². The second-order valence-electron chi connectivity index (χ2n) is 5.49. The van der Waals surface area contributed by atoms with Crippen molar-refractivity contribution in [3.63, 3.8) is 0 Å². The van der Waals surface area contributed by atoms with Crippen molar-refractivity contribution in [2.24, 2.45) is 5.92 Å². The fourth-order valence-electron chi connectivity index (χ4n) is 1.29. The molecule has 0 unspecified atom stereocenters. The highest BCUT2D eigenvalue weighted by molar-refractivity contribution is 7.87. The normalized spacial score (nSPS) is 14.9. The van der Waals surface area contributed by atoms with Crippen LogP contribution in [0.3, 0.4) is 0 Å². The Morgan fingerprint density at radius 3 is 2.06 bits per heavy atom. The van der Waals surface area contributed by atoms with Gasteiger partial charge in [0.25, 0.3) is 10.2 Å². The first-order valence-corrected chi connectivity index (χ1v) is 6.95. The van der Waals surface area contributed by atoms with E-state index in [2.05, 4.69) is 9.44 Å². The van der Waals surface area contributed by atoms with E-state index < -0.39 is 27.8 Å². The van der Waals surface area contributed by atoms with Gasteiger partial charge in [-0.1, -0.05) is 13.8 Å². The number of carboxylic acids is 1. The van der Waals surface area contributed by atoms with Gasteiger partial charge in [-0.25, -0.2) is 0 Å². The molecule has 0 amide bonds. The van der Waals surface area contributed by atoms with Crippen LogP contribution in [0.2, 0.25) is 0 Å². The van der Waals surface area contributed by atoms with Crippen molar-refractivity contribution in [1.29, 1.82) is 0 Å². The molecule has 102 valence electrons. The van der Waals surface area contributed by atoms with Crippen molar-refractivity contribution in [1.82, 2.24) is 9.44 Å². The van der Waals surface area contributed by atoms with Crippen molar-refractivity contribution in [2.45, 2.75) is 52.6 Å². The van der Waals surface area contributed by atoms with Gasteiger partial charge in [0.2, 0.25) is 0 Å². The van der Waals surface area contributed by atoms with E-state index in [1.54, 1.807) is 20.8 Å². The minimum atomic E-state index is -3.81. The van der Waals surface area contributed by atoms with E-state index in [1.165, 1.54) is 0 Å². The molecule has 0 spiro atoms. The first-order chi connectivity index (χ1) is 7.43. The molecule has 7 heteroatoms. The summed E-state index contributed by atoms with van der Waals surface area (Å²) in [7, 11) is -3.81.